The van der Waals surface area contributed by atoms with Gasteiger partial charge in [-0.2, -0.15) is 0 Å². The summed E-state index contributed by atoms with van der Waals surface area (Å²) in [5, 5.41) is 8.22. The van der Waals surface area contributed by atoms with E-state index in [0.717, 1.165) is 10.0 Å². The smallest absolute Gasteiger partial charge is 0.0515 e. The van der Waals surface area contributed by atoms with Gasteiger partial charge in [0.25, 0.3) is 0 Å². The summed E-state index contributed by atoms with van der Waals surface area (Å²) in [6.07, 6.45) is 0. The van der Waals surface area contributed by atoms with Gasteiger partial charge in [0, 0.05) is 10.0 Å². The van der Waals surface area contributed by atoms with Crippen molar-refractivity contribution in [3.05, 3.63) is 69.7 Å². The van der Waals surface area contributed by atoms with E-state index in [9.17, 15) is 0 Å². The highest BCUT2D eigenvalue weighted by atomic mass is 35.5. The molecular weight excluding hydrogens is 291 g/mol. The van der Waals surface area contributed by atoms with Crippen LogP contribution in [0.3, 0.4) is 0 Å². The van der Waals surface area contributed by atoms with Crippen LogP contribution < -0.4 is 10.6 Å². The predicted octanol–water partition coefficient (Wildman–Crippen LogP) is 4.21. The zero-order chi connectivity index (χ0) is 14.5. The van der Waals surface area contributed by atoms with E-state index >= 15 is 0 Å². The van der Waals surface area contributed by atoms with E-state index in [1.54, 1.807) is 0 Å². The summed E-state index contributed by atoms with van der Waals surface area (Å²) in [5.74, 6) is 0. The molecule has 0 bridgehead atoms. The monoisotopic (exact) mass is 308 g/mol. The molecule has 2 N–H and O–H groups in total. The second kappa shape index (κ2) is 7.09. The predicted molar refractivity (Wildman–Crippen MR) is 86.5 cm³/mol. The molecule has 0 heterocycles. The summed E-state index contributed by atoms with van der Waals surface area (Å²) in [6.45, 7) is 0. The van der Waals surface area contributed by atoms with Crippen molar-refractivity contribution in [1.29, 1.82) is 0 Å². The molecule has 0 aliphatic rings. The lowest BCUT2D eigenvalue weighted by atomic mass is 9.93. The Balaban J connectivity index is 2.32. The molecule has 106 valence electrons. The lowest BCUT2D eigenvalue weighted by Crippen LogP contribution is -2.31. The summed E-state index contributed by atoms with van der Waals surface area (Å²) in [4.78, 5) is 0. The van der Waals surface area contributed by atoms with Crippen molar-refractivity contribution in [2.45, 2.75) is 12.1 Å². The number of likely N-dealkylation sites (N-methyl/N-ethyl adjacent to an activating group) is 2. The first kappa shape index (κ1) is 15.3. The van der Waals surface area contributed by atoms with E-state index in [1.165, 1.54) is 11.1 Å². The minimum Gasteiger partial charge on any atom is -0.311 e. The van der Waals surface area contributed by atoms with Gasteiger partial charge in [0.1, 0.15) is 0 Å². The normalized spacial score (nSPS) is 14.0. The molecule has 0 amide bonds. The van der Waals surface area contributed by atoms with Crippen LogP contribution in [0.4, 0.5) is 0 Å². The fraction of sp³-hybridized carbons (Fsp3) is 0.250. The Labute approximate surface area is 130 Å². The van der Waals surface area contributed by atoms with Crippen LogP contribution in [0.25, 0.3) is 0 Å². The number of hydrogen-bond acceptors (Lipinski definition) is 2. The average Bonchev–Trinajstić information content (AvgIpc) is 2.47. The molecule has 0 radical (unpaired) electrons. The first-order chi connectivity index (χ1) is 9.65. The summed E-state index contributed by atoms with van der Waals surface area (Å²) in [5.41, 5.74) is 2.37. The van der Waals surface area contributed by atoms with Crippen LogP contribution in [0.2, 0.25) is 10.0 Å². The number of rotatable bonds is 5. The second-order valence-corrected chi connectivity index (χ2v) is 5.51. The zero-order valence-electron chi connectivity index (χ0n) is 11.5. The summed E-state index contributed by atoms with van der Waals surface area (Å²) >= 11 is 11.9. The molecule has 4 heteroatoms. The van der Waals surface area contributed by atoms with E-state index < -0.39 is 0 Å². The van der Waals surface area contributed by atoms with Crippen LogP contribution in [0.15, 0.2) is 48.5 Å². The van der Waals surface area contributed by atoms with Gasteiger partial charge in [0.15, 0.2) is 0 Å². The molecular formula is C16H18Cl2N2. The third kappa shape index (κ3) is 3.53. The highest BCUT2D eigenvalue weighted by Crippen LogP contribution is 2.29. The van der Waals surface area contributed by atoms with Crippen LogP contribution in [0.5, 0.6) is 0 Å². The van der Waals surface area contributed by atoms with E-state index in [-0.39, 0.29) is 12.1 Å². The van der Waals surface area contributed by atoms with Crippen LogP contribution in [0.1, 0.15) is 23.2 Å². The molecule has 0 saturated carbocycles. The van der Waals surface area contributed by atoms with Gasteiger partial charge in [-0.25, -0.2) is 0 Å². The van der Waals surface area contributed by atoms with Gasteiger partial charge in [0.05, 0.1) is 12.1 Å². The Morgan fingerprint density at radius 3 is 1.20 bits per heavy atom. The van der Waals surface area contributed by atoms with Gasteiger partial charge in [-0.05, 0) is 49.5 Å². The molecule has 0 saturated heterocycles. The minimum atomic E-state index is 0.151. The maximum absolute atomic E-state index is 5.96. The van der Waals surface area contributed by atoms with Gasteiger partial charge in [-0.15, -0.1) is 0 Å². The van der Waals surface area contributed by atoms with Crippen molar-refractivity contribution in [3.8, 4) is 0 Å². The van der Waals surface area contributed by atoms with Gasteiger partial charge < -0.3 is 10.6 Å². The molecule has 2 aromatic carbocycles. The molecule has 0 aliphatic carbocycles. The molecule has 2 unspecified atom stereocenters. The number of hydrogen-bond donors (Lipinski definition) is 2. The van der Waals surface area contributed by atoms with Crippen molar-refractivity contribution in [2.75, 3.05) is 14.1 Å². The van der Waals surface area contributed by atoms with Crippen LogP contribution in [0, 0.1) is 0 Å². The molecule has 0 spiro atoms. The van der Waals surface area contributed by atoms with Gasteiger partial charge >= 0.3 is 0 Å². The third-order valence-electron chi connectivity index (χ3n) is 3.41. The zero-order valence-corrected chi connectivity index (χ0v) is 13.0. The first-order valence-electron chi connectivity index (χ1n) is 6.51. The number of halogens is 2. The van der Waals surface area contributed by atoms with Crippen LogP contribution in [-0.2, 0) is 0 Å². The standard InChI is InChI=1S/C16H18Cl2N2/c1-19-15(11-3-7-13(17)8-4-11)16(20-2)12-5-9-14(18)10-6-12/h3-10,15-16,19-20H,1-2H3. The largest absolute Gasteiger partial charge is 0.311 e. The number of benzene rings is 2. The maximum Gasteiger partial charge on any atom is 0.0515 e. The molecule has 2 rings (SSSR count). The van der Waals surface area contributed by atoms with E-state index in [1.807, 2.05) is 62.6 Å². The summed E-state index contributed by atoms with van der Waals surface area (Å²) < 4.78 is 0. The maximum atomic E-state index is 5.96. The molecule has 2 nitrogen and oxygen atoms in total. The van der Waals surface area contributed by atoms with Crippen LogP contribution >= 0.6 is 23.2 Å². The Bertz CT molecular complexity index is 486. The van der Waals surface area contributed by atoms with E-state index in [2.05, 4.69) is 10.6 Å². The molecule has 0 fully saturated rings. The van der Waals surface area contributed by atoms with Gasteiger partial charge in [0.2, 0.25) is 0 Å². The Morgan fingerprint density at radius 2 is 0.950 bits per heavy atom. The lowest BCUT2D eigenvalue weighted by molar-refractivity contribution is 0.432. The van der Waals surface area contributed by atoms with Gasteiger partial charge in [-0.1, -0.05) is 47.5 Å². The molecule has 0 aromatic heterocycles. The fourth-order valence-corrected chi connectivity index (χ4v) is 2.64. The third-order valence-corrected chi connectivity index (χ3v) is 3.92. The highest BCUT2D eigenvalue weighted by molar-refractivity contribution is 6.30. The van der Waals surface area contributed by atoms with Crippen molar-refractivity contribution in [1.82, 2.24) is 10.6 Å². The second-order valence-electron chi connectivity index (χ2n) is 4.64. The topological polar surface area (TPSA) is 24.1 Å². The van der Waals surface area contributed by atoms with Crippen molar-refractivity contribution in [2.24, 2.45) is 0 Å². The Kier molecular flexibility index (Phi) is 5.44. The lowest BCUT2D eigenvalue weighted by Gasteiger charge is -2.27. The average molecular weight is 309 g/mol. The SMILES string of the molecule is CNC(c1ccc(Cl)cc1)C(NC)c1ccc(Cl)cc1. The first-order valence-corrected chi connectivity index (χ1v) is 7.26. The quantitative estimate of drug-likeness (QED) is 0.864. The molecule has 2 atom stereocenters. The molecule has 0 aliphatic heterocycles. The number of nitrogens with one attached hydrogen (secondary N) is 2. The highest BCUT2D eigenvalue weighted by Gasteiger charge is 2.21. The van der Waals surface area contributed by atoms with E-state index in [0.29, 0.717) is 0 Å². The summed E-state index contributed by atoms with van der Waals surface area (Å²) in [7, 11) is 3.92. The molecule has 2 aromatic rings. The molecule has 20 heavy (non-hydrogen) atoms. The van der Waals surface area contributed by atoms with Crippen LogP contribution in [-0.4, -0.2) is 14.1 Å². The summed E-state index contributed by atoms with van der Waals surface area (Å²) in [6, 6.07) is 16.1. The van der Waals surface area contributed by atoms with Crippen molar-refractivity contribution >= 4 is 23.2 Å². The van der Waals surface area contributed by atoms with Crippen molar-refractivity contribution < 1.29 is 0 Å². The fourth-order valence-electron chi connectivity index (χ4n) is 2.39. The Hall–Kier alpha value is -1.06. The minimum absolute atomic E-state index is 0.151. The van der Waals surface area contributed by atoms with Crippen molar-refractivity contribution in [3.63, 3.8) is 0 Å². The Morgan fingerprint density at radius 1 is 0.650 bits per heavy atom. The van der Waals surface area contributed by atoms with E-state index in [4.69, 9.17) is 23.2 Å². The van der Waals surface area contributed by atoms with Gasteiger partial charge in [-0.3, -0.25) is 0 Å².